The molecule has 0 bridgehead atoms. The Kier molecular flexibility index (Phi) is 4.28. The molecule has 2 amide bonds. The third-order valence-corrected chi connectivity index (χ3v) is 2.38. The number of hydrogen-bond acceptors (Lipinski definition) is 1. The van der Waals surface area contributed by atoms with Crippen molar-refractivity contribution >= 4 is 6.03 Å². The maximum atomic E-state index is 12.8. The average molecular weight is 224 g/mol. The average Bonchev–Trinajstić information content (AvgIpc) is 2.20. The van der Waals surface area contributed by atoms with E-state index in [9.17, 15) is 9.18 Å². The molecule has 0 saturated carbocycles. The Balaban J connectivity index is 2.46. The lowest BCUT2D eigenvalue weighted by Gasteiger charge is -2.12. The summed E-state index contributed by atoms with van der Waals surface area (Å²) in [5.41, 5.74) is 1.97. The lowest BCUT2D eigenvalue weighted by Crippen LogP contribution is -2.35. The van der Waals surface area contributed by atoms with Crippen molar-refractivity contribution in [2.45, 2.75) is 13.3 Å². The van der Waals surface area contributed by atoms with Gasteiger partial charge in [0.1, 0.15) is 5.82 Å². The molecule has 0 aliphatic heterocycles. The fourth-order valence-corrected chi connectivity index (χ4v) is 1.40. The van der Waals surface area contributed by atoms with Crippen LogP contribution in [0.1, 0.15) is 11.1 Å². The molecule has 1 aromatic rings. The number of nitrogens with one attached hydrogen (secondary N) is 1. The molecule has 0 aliphatic rings. The molecule has 88 valence electrons. The molecular formula is C12H17FN2O. The van der Waals surface area contributed by atoms with Crippen molar-refractivity contribution in [3.8, 4) is 0 Å². The van der Waals surface area contributed by atoms with Crippen LogP contribution in [-0.2, 0) is 6.42 Å². The fraction of sp³-hybridized carbons (Fsp3) is 0.417. The Morgan fingerprint density at radius 3 is 2.69 bits per heavy atom. The number of urea groups is 1. The summed E-state index contributed by atoms with van der Waals surface area (Å²) >= 11 is 0. The van der Waals surface area contributed by atoms with Gasteiger partial charge in [0.15, 0.2) is 0 Å². The minimum Gasteiger partial charge on any atom is -0.338 e. The first-order chi connectivity index (χ1) is 7.50. The van der Waals surface area contributed by atoms with E-state index in [0.717, 1.165) is 11.1 Å². The third-order valence-electron chi connectivity index (χ3n) is 2.38. The molecule has 0 saturated heterocycles. The molecule has 16 heavy (non-hydrogen) atoms. The van der Waals surface area contributed by atoms with Crippen LogP contribution in [0, 0.1) is 12.7 Å². The topological polar surface area (TPSA) is 32.3 Å². The van der Waals surface area contributed by atoms with Crippen molar-refractivity contribution in [1.29, 1.82) is 0 Å². The normalized spacial score (nSPS) is 10.0. The highest BCUT2D eigenvalue weighted by Gasteiger charge is 2.03. The van der Waals surface area contributed by atoms with Crippen LogP contribution >= 0.6 is 0 Å². The van der Waals surface area contributed by atoms with Crippen LogP contribution in [-0.4, -0.2) is 31.6 Å². The third kappa shape index (κ3) is 3.53. The van der Waals surface area contributed by atoms with Gasteiger partial charge < -0.3 is 10.2 Å². The van der Waals surface area contributed by atoms with Crippen LogP contribution in [0.5, 0.6) is 0 Å². The van der Waals surface area contributed by atoms with E-state index < -0.39 is 0 Å². The first kappa shape index (κ1) is 12.5. The van der Waals surface area contributed by atoms with Crippen LogP contribution in [0.4, 0.5) is 9.18 Å². The van der Waals surface area contributed by atoms with Gasteiger partial charge in [0.05, 0.1) is 0 Å². The molecule has 1 aromatic carbocycles. The highest BCUT2D eigenvalue weighted by Crippen LogP contribution is 2.10. The van der Waals surface area contributed by atoms with Crippen LogP contribution in [0.2, 0.25) is 0 Å². The Morgan fingerprint density at radius 2 is 2.12 bits per heavy atom. The number of aryl methyl sites for hydroxylation is 1. The first-order valence-electron chi connectivity index (χ1n) is 5.21. The molecule has 0 aromatic heterocycles. The molecular weight excluding hydrogens is 207 g/mol. The van der Waals surface area contributed by atoms with Crippen LogP contribution in [0.25, 0.3) is 0 Å². The van der Waals surface area contributed by atoms with E-state index in [-0.39, 0.29) is 11.8 Å². The number of carbonyl (C=O) groups excluding carboxylic acids is 1. The Labute approximate surface area is 95.3 Å². The van der Waals surface area contributed by atoms with Crippen LogP contribution in [0.3, 0.4) is 0 Å². The summed E-state index contributed by atoms with van der Waals surface area (Å²) in [5.74, 6) is -0.224. The molecule has 0 heterocycles. The molecule has 1 rings (SSSR count). The van der Waals surface area contributed by atoms with E-state index in [4.69, 9.17) is 0 Å². The van der Waals surface area contributed by atoms with Crippen molar-refractivity contribution in [3.63, 3.8) is 0 Å². The minimum atomic E-state index is -0.224. The number of rotatable bonds is 3. The van der Waals surface area contributed by atoms with E-state index in [1.54, 1.807) is 20.2 Å². The minimum absolute atomic E-state index is 0.111. The smallest absolute Gasteiger partial charge is 0.316 e. The molecule has 0 aliphatic carbocycles. The summed E-state index contributed by atoms with van der Waals surface area (Å²) in [6.07, 6.45) is 0.714. The maximum absolute atomic E-state index is 12.8. The second-order valence-electron chi connectivity index (χ2n) is 3.95. The number of halogens is 1. The van der Waals surface area contributed by atoms with Gasteiger partial charge in [-0.15, -0.1) is 0 Å². The lowest BCUT2D eigenvalue weighted by molar-refractivity contribution is 0.217. The largest absolute Gasteiger partial charge is 0.338 e. The molecule has 3 nitrogen and oxygen atoms in total. The summed E-state index contributed by atoms with van der Waals surface area (Å²) in [5, 5.41) is 2.77. The number of amides is 2. The second-order valence-corrected chi connectivity index (χ2v) is 3.95. The summed E-state index contributed by atoms with van der Waals surface area (Å²) in [4.78, 5) is 12.7. The lowest BCUT2D eigenvalue weighted by atomic mass is 10.1. The van der Waals surface area contributed by atoms with Crippen molar-refractivity contribution in [2.24, 2.45) is 0 Å². The summed E-state index contributed by atoms with van der Waals surface area (Å²) in [6, 6.07) is 4.59. The monoisotopic (exact) mass is 224 g/mol. The van der Waals surface area contributed by atoms with Crippen molar-refractivity contribution in [2.75, 3.05) is 20.6 Å². The van der Waals surface area contributed by atoms with E-state index in [2.05, 4.69) is 5.32 Å². The van der Waals surface area contributed by atoms with Gasteiger partial charge in [-0.1, -0.05) is 6.07 Å². The number of hydrogen-bond donors (Lipinski definition) is 1. The Bertz CT molecular complexity index is 377. The molecule has 0 spiro atoms. The van der Waals surface area contributed by atoms with E-state index >= 15 is 0 Å². The van der Waals surface area contributed by atoms with Crippen LogP contribution < -0.4 is 5.32 Å². The highest BCUT2D eigenvalue weighted by molar-refractivity contribution is 5.73. The Hall–Kier alpha value is -1.58. The zero-order valence-electron chi connectivity index (χ0n) is 9.88. The van der Waals surface area contributed by atoms with Gasteiger partial charge in [-0.3, -0.25) is 0 Å². The quantitative estimate of drug-likeness (QED) is 0.836. The van der Waals surface area contributed by atoms with Gasteiger partial charge in [-0.25, -0.2) is 9.18 Å². The van der Waals surface area contributed by atoms with E-state index in [0.29, 0.717) is 13.0 Å². The Morgan fingerprint density at radius 1 is 1.44 bits per heavy atom. The van der Waals surface area contributed by atoms with Gasteiger partial charge in [0.25, 0.3) is 0 Å². The SMILES string of the molecule is Cc1cc(F)ccc1CCNC(=O)N(C)C. The molecule has 0 unspecified atom stereocenters. The molecule has 4 heteroatoms. The molecule has 0 radical (unpaired) electrons. The molecule has 1 N–H and O–H groups in total. The predicted octanol–water partition coefficient (Wildman–Crippen LogP) is 1.95. The van der Waals surface area contributed by atoms with Gasteiger partial charge in [0.2, 0.25) is 0 Å². The van der Waals surface area contributed by atoms with Crippen molar-refractivity contribution < 1.29 is 9.18 Å². The fourth-order valence-electron chi connectivity index (χ4n) is 1.40. The maximum Gasteiger partial charge on any atom is 0.316 e. The molecule has 0 atom stereocenters. The zero-order valence-corrected chi connectivity index (χ0v) is 9.88. The van der Waals surface area contributed by atoms with E-state index in [1.165, 1.54) is 17.0 Å². The highest BCUT2D eigenvalue weighted by atomic mass is 19.1. The number of nitrogens with zero attached hydrogens (tertiary/aromatic N) is 1. The second kappa shape index (κ2) is 5.49. The summed E-state index contributed by atoms with van der Waals surface area (Å²) in [6.45, 7) is 2.43. The summed E-state index contributed by atoms with van der Waals surface area (Å²) in [7, 11) is 3.39. The van der Waals surface area contributed by atoms with Crippen molar-refractivity contribution in [3.05, 3.63) is 35.1 Å². The first-order valence-corrected chi connectivity index (χ1v) is 5.21. The zero-order chi connectivity index (χ0) is 12.1. The summed E-state index contributed by atoms with van der Waals surface area (Å²) < 4.78 is 12.8. The standard InChI is InChI=1S/C12H17FN2O/c1-9-8-11(13)5-4-10(9)6-7-14-12(16)15(2)3/h4-5,8H,6-7H2,1-3H3,(H,14,16). The van der Waals surface area contributed by atoms with Gasteiger partial charge in [0, 0.05) is 20.6 Å². The number of benzene rings is 1. The van der Waals surface area contributed by atoms with Gasteiger partial charge in [-0.2, -0.15) is 0 Å². The predicted molar refractivity (Wildman–Crippen MR) is 61.9 cm³/mol. The van der Waals surface area contributed by atoms with Gasteiger partial charge in [-0.05, 0) is 36.6 Å². The van der Waals surface area contributed by atoms with E-state index in [1.807, 2.05) is 6.92 Å². The van der Waals surface area contributed by atoms with Crippen LogP contribution in [0.15, 0.2) is 18.2 Å². The van der Waals surface area contributed by atoms with Gasteiger partial charge >= 0.3 is 6.03 Å². The van der Waals surface area contributed by atoms with Crippen molar-refractivity contribution in [1.82, 2.24) is 10.2 Å². The number of carbonyl (C=O) groups is 1. The molecule has 0 fully saturated rings.